The molecule has 2 rings (SSSR count). The van der Waals surface area contributed by atoms with Gasteiger partial charge in [0, 0.05) is 35.9 Å². The number of benzene rings is 1. The number of nitrogens with zero attached hydrogens (tertiary/aromatic N) is 2. The lowest BCUT2D eigenvalue weighted by atomic mass is 9.92. The average Bonchev–Trinajstić information content (AvgIpc) is 3.06. The topological polar surface area (TPSA) is 76.0 Å². The quantitative estimate of drug-likeness (QED) is 0.571. The Bertz CT molecular complexity index is 840. The van der Waals surface area contributed by atoms with Crippen molar-refractivity contribution in [2.24, 2.45) is 0 Å². The summed E-state index contributed by atoms with van der Waals surface area (Å²) < 4.78 is 1.70. The van der Waals surface area contributed by atoms with Gasteiger partial charge in [0.1, 0.15) is 5.82 Å². The van der Waals surface area contributed by atoms with Gasteiger partial charge in [0.25, 0.3) is 0 Å². The molecule has 0 aliphatic carbocycles. The SMILES string of the molecule is CCCCNC(=O)CCCC(=O)Nc1cc(C(C)(C)C)nn1-c1cccc(Cl)c1. The maximum absolute atomic E-state index is 12.5. The lowest BCUT2D eigenvalue weighted by molar-refractivity contribution is -0.121. The van der Waals surface area contributed by atoms with E-state index in [0.29, 0.717) is 30.2 Å². The fraction of sp³-hybridized carbons (Fsp3) is 0.500. The van der Waals surface area contributed by atoms with Gasteiger partial charge >= 0.3 is 0 Å². The number of unbranched alkanes of at least 4 members (excludes halogenated alkanes) is 1. The van der Waals surface area contributed by atoms with Crippen LogP contribution in [-0.2, 0) is 15.0 Å². The summed E-state index contributed by atoms with van der Waals surface area (Å²) in [6.07, 6.45) is 3.13. The van der Waals surface area contributed by atoms with Crippen LogP contribution < -0.4 is 10.6 Å². The van der Waals surface area contributed by atoms with E-state index >= 15 is 0 Å². The number of carbonyl (C=O) groups is 2. The predicted molar refractivity (Wildman–Crippen MR) is 118 cm³/mol. The number of halogens is 1. The molecule has 0 saturated carbocycles. The summed E-state index contributed by atoms with van der Waals surface area (Å²) in [5, 5.41) is 11.1. The van der Waals surface area contributed by atoms with Crippen LogP contribution in [-0.4, -0.2) is 28.1 Å². The molecule has 0 bridgehead atoms. The summed E-state index contributed by atoms with van der Waals surface area (Å²) in [4.78, 5) is 24.2. The number of carbonyl (C=O) groups excluding carboxylic acids is 2. The summed E-state index contributed by atoms with van der Waals surface area (Å²) in [6, 6.07) is 9.22. The zero-order valence-corrected chi connectivity index (χ0v) is 18.5. The molecule has 0 atom stereocenters. The third-order valence-corrected chi connectivity index (χ3v) is 4.69. The van der Waals surface area contributed by atoms with Crippen LogP contribution in [0.1, 0.15) is 65.5 Å². The highest BCUT2D eigenvalue weighted by molar-refractivity contribution is 6.30. The molecule has 0 spiro atoms. The van der Waals surface area contributed by atoms with Gasteiger partial charge in [-0.15, -0.1) is 0 Å². The van der Waals surface area contributed by atoms with Crippen molar-refractivity contribution >= 4 is 29.2 Å². The molecule has 158 valence electrons. The van der Waals surface area contributed by atoms with Gasteiger partial charge in [-0.05, 0) is 31.0 Å². The Morgan fingerprint density at radius 1 is 1.10 bits per heavy atom. The van der Waals surface area contributed by atoms with Crippen LogP contribution in [0.5, 0.6) is 0 Å². The van der Waals surface area contributed by atoms with Gasteiger partial charge in [-0.3, -0.25) is 9.59 Å². The van der Waals surface area contributed by atoms with Crippen LogP contribution in [0, 0.1) is 0 Å². The van der Waals surface area contributed by atoms with Crippen molar-refractivity contribution in [3.63, 3.8) is 0 Å². The van der Waals surface area contributed by atoms with Crippen molar-refractivity contribution in [1.82, 2.24) is 15.1 Å². The molecule has 0 aliphatic rings. The third kappa shape index (κ3) is 7.20. The average molecular weight is 419 g/mol. The van der Waals surface area contributed by atoms with Crippen LogP contribution in [0.4, 0.5) is 5.82 Å². The molecule has 0 saturated heterocycles. The highest BCUT2D eigenvalue weighted by Gasteiger charge is 2.21. The molecule has 1 aromatic heterocycles. The number of hydrogen-bond donors (Lipinski definition) is 2. The number of rotatable bonds is 9. The lowest BCUT2D eigenvalue weighted by Crippen LogP contribution is -2.24. The Morgan fingerprint density at radius 3 is 2.48 bits per heavy atom. The van der Waals surface area contributed by atoms with Crippen molar-refractivity contribution in [2.45, 2.75) is 65.2 Å². The summed E-state index contributed by atoms with van der Waals surface area (Å²) >= 11 is 6.13. The second-order valence-corrected chi connectivity index (χ2v) is 8.60. The van der Waals surface area contributed by atoms with E-state index in [4.69, 9.17) is 11.6 Å². The Morgan fingerprint density at radius 2 is 1.83 bits per heavy atom. The Labute approximate surface area is 178 Å². The number of anilines is 1. The number of nitrogens with one attached hydrogen (secondary N) is 2. The molecule has 2 aromatic rings. The summed E-state index contributed by atoms with van der Waals surface area (Å²) in [6.45, 7) is 8.98. The Balaban J connectivity index is 2.04. The summed E-state index contributed by atoms with van der Waals surface area (Å²) in [5.41, 5.74) is 1.47. The molecule has 0 fully saturated rings. The van der Waals surface area contributed by atoms with E-state index in [1.165, 1.54) is 0 Å². The second kappa shape index (κ2) is 10.4. The molecule has 7 heteroatoms. The van der Waals surface area contributed by atoms with Crippen LogP contribution >= 0.6 is 11.6 Å². The molecule has 6 nitrogen and oxygen atoms in total. The maximum atomic E-state index is 12.5. The van der Waals surface area contributed by atoms with E-state index in [1.807, 2.05) is 18.2 Å². The molecule has 0 unspecified atom stereocenters. The molecule has 0 radical (unpaired) electrons. The third-order valence-electron chi connectivity index (χ3n) is 4.46. The number of amides is 2. The summed E-state index contributed by atoms with van der Waals surface area (Å²) in [5.74, 6) is 0.440. The van der Waals surface area contributed by atoms with Crippen LogP contribution in [0.3, 0.4) is 0 Å². The predicted octanol–water partition coefficient (Wildman–Crippen LogP) is 4.85. The van der Waals surface area contributed by atoms with E-state index in [9.17, 15) is 9.59 Å². The molecule has 29 heavy (non-hydrogen) atoms. The van der Waals surface area contributed by atoms with E-state index in [2.05, 4.69) is 43.4 Å². The van der Waals surface area contributed by atoms with E-state index in [0.717, 1.165) is 24.2 Å². The van der Waals surface area contributed by atoms with Gasteiger partial charge in [-0.1, -0.05) is 51.8 Å². The van der Waals surface area contributed by atoms with Gasteiger partial charge in [-0.25, -0.2) is 4.68 Å². The lowest BCUT2D eigenvalue weighted by Gasteiger charge is -2.14. The van der Waals surface area contributed by atoms with Crippen LogP contribution in [0.25, 0.3) is 5.69 Å². The monoisotopic (exact) mass is 418 g/mol. The normalized spacial score (nSPS) is 11.3. The first-order valence-electron chi connectivity index (χ1n) is 10.1. The van der Waals surface area contributed by atoms with Crippen molar-refractivity contribution in [2.75, 3.05) is 11.9 Å². The van der Waals surface area contributed by atoms with Crippen LogP contribution in [0.15, 0.2) is 30.3 Å². The first-order valence-corrected chi connectivity index (χ1v) is 10.5. The van der Waals surface area contributed by atoms with Gasteiger partial charge < -0.3 is 10.6 Å². The zero-order valence-electron chi connectivity index (χ0n) is 17.7. The standard InChI is InChI=1S/C22H31ClN4O2/c1-5-6-13-24-20(28)11-8-12-21(29)25-19-15-18(22(2,3)4)26-27(19)17-10-7-9-16(23)14-17/h7,9-10,14-15H,5-6,8,11-13H2,1-4H3,(H,24,28)(H,25,29). The first-order chi connectivity index (χ1) is 13.7. The van der Waals surface area contributed by atoms with Crippen molar-refractivity contribution in [3.05, 3.63) is 41.0 Å². The molecular formula is C22H31ClN4O2. The fourth-order valence-electron chi connectivity index (χ4n) is 2.75. The number of hydrogen-bond acceptors (Lipinski definition) is 3. The van der Waals surface area contributed by atoms with Crippen LogP contribution in [0.2, 0.25) is 5.02 Å². The zero-order chi connectivity index (χ0) is 21.4. The van der Waals surface area contributed by atoms with E-state index < -0.39 is 0 Å². The smallest absolute Gasteiger partial charge is 0.225 e. The molecular weight excluding hydrogens is 388 g/mol. The van der Waals surface area contributed by atoms with E-state index in [-0.39, 0.29) is 23.7 Å². The highest BCUT2D eigenvalue weighted by atomic mass is 35.5. The van der Waals surface area contributed by atoms with Crippen molar-refractivity contribution in [1.29, 1.82) is 0 Å². The van der Waals surface area contributed by atoms with Gasteiger partial charge in [0.15, 0.2) is 0 Å². The minimum atomic E-state index is -0.167. The van der Waals surface area contributed by atoms with Gasteiger partial charge in [0.2, 0.25) is 11.8 Å². The molecule has 0 aliphatic heterocycles. The molecule has 1 heterocycles. The fourth-order valence-corrected chi connectivity index (χ4v) is 2.93. The van der Waals surface area contributed by atoms with Gasteiger partial charge in [-0.2, -0.15) is 5.10 Å². The Kier molecular flexibility index (Phi) is 8.26. The number of aromatic nitrogens is 2. The van der Waals surface area contributed by atoms with E-state index in [1.54, 1.807) is 16.8 Å². The molecule has 1 aromatic carbocycles. The minimum Gasteiger partial charge on any atom is -0.356 e. The maximum Gasteiger partial charge on any atom is 0.225 e. The molecule has 2 N–H and O–H groups in total. The van der Waals surface area contributed by atoms with Crippen molar-refractivity contribution < 1.29 is 9.59 Å². The minimum absolute atomic E-state index is 0.00904. The highest BCUT2D eigenvalue weighted by Crippen LogP contribution is 2.27. The second-order valence-electron chi connectivity index (χ2n) is 8.16. The van der Waals surface area contributed by atoms with Crippen molar-refractivity contribution in [3.8, 4) is 5.69 Å². The Hall–Kier alpha value is -2.34. The largest absolute Gasteiger partial charge is 0.356 e. The molecule has 2 amide bonds. The first kappa shape index (κ1) is 22.9. The summed E-state index contributed by atoms with van der Waals surface area (Å²) in [7, 11) is 0. The van der Waals surface area contributed by atoms with Gasteiger partial charge in [0.05, 0.1) is 11.4 Å².